The molecule has 0 heterocycles. The molecule has 0 radical (unpaired) electrons. The van der Waals surface area contributed by atoms with Gasteiger partial charge in [-0.25, -0.2) is 0 Å². The number of carbonyl (C=O) groups is 1. The molecule has 0 aliphatic heterocycles. The predicted molar refractivity (Wildman–Crippen MR) is 133 cm³/mol. The molecule has 0 atom stereocenters. The molecule has 0 unspecified atom stereocenters. The van der Waals surface area contributed by atoms with Crippen molar-refractivity contribution in [3.05, 3.63) is 44.3 Å². The molecule has 0 saturated carbocycles. The first-order valence-electron chi connectivity index (χ1n) is 10.2. The van der Waals surface area contributed by atoms with E-state index in [1.165, 1.54) is 0 Å². The van der Waals surface area contributed by atoms with Crippen LogP contribution in [0.1, 0.15) is 55.5 Å². The van der Waals surface area contributed by atoms with Crippen molar-refractivity contribution in [2.75, 3.05) is 13.2 Å². The number of unbranched alkanes of at least 4 members (excludes halogenated alkanes) is 2. The van der Waals surface area contributed by atoms with Crippen LogP contribution >= 0.6 is 43.5 Å². The van der Waals surface area contributed by atoms with Gasteiger partial charge in [-0.3, -0.25) is 4.79 Å². The molecule has 0 fully saturated rings. The second-order valence-electron chi connectivity index (χ2n) is 7.22. The van der Waals surface area contributed by atoms with E-state index in [1.807, 2.05) is 18.2 Å². The lowest BCUT2D eigenvalue weighted by molar-refractivity contribution is 0.112. The van der Waals surface area contributed by atoms with Crippen LogP contribution < -0.4 is 9.47 Å². The maximum atomic E-state index is 11.6. The van der Waals surface area contributed by atoms with Crippen LogP contribution in [0.5, 0.6) is 11.5 Å². The fourth-order valence-corrected chi connectivity index (χ4v) is 4.69. The lowest BCUT2D eigenvalue weighted by Crippen LogP contribution is -2.04. The molecule has 160 valence electrons. The average molecular weight is 557 g/mol. The van der Waals surface area contributed by atoms with Gasteiger partial charge in [0.1, 0.15) is 0 Å². The summed E-state index contributed by atoms with van der Waals surface area (Å²) in [5.74, 6) is 1.86. The highest BCUT2D eigenvalue weighted by atomic mass is 79.9. The van der Waals surface area contributed by atoms with E-state index in [4.69, 9.17) is 21.1 Å². The van der Waals surface area contributed by atoms with Gasteiger partial charge >= 0.3 is 0 Å². The van der Waals surface area contributed by atoms with Crippen molar-refractivity contribution in [3.8, 4) is 11.5 Å². The van der Waals surface area contributed by atoms with Gasteiger partial charge in [0.2, 0.25) is 0 Å². The van der Waals surface area contributed by atoms with E-state index >= 15 is 0 Å². The van der Waals surface area contributed by atoms with Crippen molar-refractivity contribution < 1.29 is 14.3 Å². The molecule has 3 nitrogen and oxygen atoms in total. The zero-order valence-corrected chi connectivity index (χ0v) is 21.1. The molecule has 0 N–H and O–H groups in total. The van der Waals surface area contributed by atoms with Gasteiger partial charge < -0.3 is 9.47 Å². The van der Waals surface area contributed by atoms with Gasteiger partial charge in [0, 0.05) is 31.2 Å². The van der Waals surface area contributed by atoms with E-state index in [9.17, 15) is 4.79 Å². The summed E-state index contributed by atoms with van der Waals surface area (Å²) < 4.78 is 14.2. The molecule has 30 heavy (non-hydrogen) atoms. The number of aldehydes is 1. The number of hydrogen-bond acceptors (Lipinski definition) is 3. The third kappa shape index (κ3) is 4.79. The zero-order chi connectivity index (χ0) is 21.7. The topological polar surface area (TPSA) is 35.5 Å². The highest BCUT2D eigenvalue weighted by molar-refractivity contribution is 9.10. The molecule has 0 amide bonds. The smallest absolute Gasteiger partial charge is 0.169 e. The summed E-state index contributed by atoms with van der Waals surface area (Å²) in [4.78, 5) is 11.6. The zero-order valence-electron chi connectivity index (χ0n) is 17.2. The molecule has 0 aliphatic rings. The molecular formula is C24H25Br2ClO3. The van der Waals surface area contributed by atoms with Crippen molar-refractivity contribution in [2.45, 2.75) is 45.4 Å². The fraction of sp³-hybridized carbons (Fsp3) is 0.375. The van der Waals surface area contributed by atoms with Crippen LogP contribution in [0.3, 0.4) is 0 Å². The number of carbonyl (C=O) groups excluding carboxylic acids is 1. The molecule has 6 heteroatoms. The summed E-state index contributed by atoms with van der Waals surface area (Å²) >= 11 is 13.3. The van der Waals surface area contributed by atoms with Crippen molar-refractivity contribution in [2.24, 2.45) is 0 Å². The van der Waals surface area contributed by atoms with Crippen molar-refractivity contribution in [1.29, 1.82) is 0 Å². The molecule has 0 saturated heterocycles. The highest BCUT2D eigenvalue weighted by Gasteiger charge is 2.20. The van der Waals surface area contributed by atoms with Crippen LogP contribution in [0.4, 0.5) is 0 Å². The molecule has 3 rings (SSSR count). The molecule has 3 aromatic carbocycles. The first-order valence-corrected chi connectivity index (χ1v) is 12.4. The number of halogens is 3. The molecule has 3 aromatic rings. The minimum absolute atomic E-state index is 0.385. The van der Waals surface area contributed by atoms with Gasteiger partial charge in [-0.05, 0) is 53.4 Å². The van der Waals surface area contributed by atoms with Gasteiger partial charge in [-0.2, -0.15) is 0 Å². The largest absolute Gasteiger partial charge is 0.489 e. The van der Waals surface area contributed by atoms with Gasteiger partial charge in [0.25, 0.3) is 0 Å². The second kappa shape index (κ2) is 10.8. The standard InChI is InChI=1S/C24H25Br2ClO3/c1-3-5-7-29-23-19-11-21(25)15(13-27)9-17(19)18-10-16(14-28)22(26)12-20(18)24(23)30-8-6-4-2/h9-12,14H,3-8,13H2,1-2H3. The summed E-state index contributed by atoms with van der Waals surface area (Å²) in [6.07, 6.45) is 4.87. The maximum Gasteiger partial charge on any atom is 0.169 e. The van der Waals surface area contributed by atoms with Crippen molar-refractivity contribution >= 4 is 71.3 Å². The first-order chi connectivity index (χ1) is 14.5. The molecule has 0 aromatic heterocycles. The van der Waals surface area contributed by atoms with Crippen LogP contribution in [-0.2, 0) is 5.88 Å². The molecular weight excluding hydrogens is 532 g/mol. The number of benzene rings is 3. The van der Waals surface area contributed by atoms with Crippen LogP contribution in [0.25, 0.3) is 21.5 Å². The fourth-order valence-electron chi connectivity index (χ4n) is 3.39. The number of ether oxygens (including phenoxy) is 2. The minimum atomic E-state index is 0.385. The van der Waals surface area contributed by atoms with E-state index in [0.717, 1.165) is 79.5 Å². The van der Waals surface area contributed by atoms with E-state index < -0.39 is 0 Å². The summed E-state index contributed by atoms with van der Waals surface area (Å²) in [6, 6.07) is 7.97. The Bertz CT molecular complexity index is 1070. The third-order valence-corrected chi connectivity index (χ3v) is 6.78. The molecule has 0 bridgehead atoms. The monoisotopic (exact) mass is 554 g/mol. The highest BCUT2D eigenvalue weighted by Crippen LogP contribution is 2.46. The van der Waals surface area contributed by atoms with Crippen LogP contribution in [0.2, 0.25) is 0 Å². The number of hydrogen-bond donors (Lipinski definition) is 0. The summed E-state index contributed by atoms with van der Waals surface area (Å²) in [7, 11) is 0. The third-order valence-electron chi connectivity index (χ3n) is 5.07. The Balaban J connectivity index is 2.39. The van der Waals surface area contributed by atoms with Gasteiger partial charge in [0.15, 0.2) is 17.8 Å². The average Bonchev–Trinajstić information content (AvgIpc) is 2.74. The van der Waals surface area contributed by atoms with Crippen LogP contribution in [0, 0.1) is 0 Å². The van der Waals surface area contributed by atoms with E-state index in [0.29, 0.717) is 24.7 Å². The summed E-state index contributed by atoms with van der Waals surface area (Å²) in [5.41, 5.74) is 1.58. The van der Waals surface area contributed by atoms with E-state index in [1.54, 1.807) is 0 Å². The Morgan fingerprint density at radius 3 is 1.87 bits per heavy atom. The second-order valence-corrected chi connectivity index (χ2v) is 9.20. The first kappa shape index (κ1) is 23.4. The quantitative estimate of drug-likeness (QED) is 0.109. The van der Waals surface area contributed by atoms with E-state index in [-0.39, 0.29) is 0 Å². The molecule has 0 aliphatic carbocycles. The van der Waals surface area contributed by atoms with Gasteiger partial charge in [-0.1, -0.05) is 58.5 Å². The van der Waals surface area contributed by atoms with Crippen molar-refractivity contribution in [1.82, 2.24) is 0 Å². The van der Waals surface area contributed by atoms with Crippen LogP contribution in [-0.4, -0.2) is 19.5 Å². The Morgan fingerprint density at radius 1 is 0.833 bits per heavy atom. The Kier molecular flexibility index (Phi) is 8.44. The Hall–Kier alpha value is -1.30. The Morgan fingerprint density at radius 2 is 1.37 bits per heavy atom. The van der Waals surface area contributed by atoms with Gasteiger partial charge in [0.05, 0.1) is 13.2 Å². The number of fused-ring (bicyclic) bond motifs is 3. The maximum absolute atomic E-state index is 11.6. The van der Waals surface area contributed by atoms with E-state index in [2.05, 4.69) is 51.8 Å². The lowest BCUT2D eigenvalue weighted by atomic mass is 9.96. The lowest BCUT2D eigenvalue weighted by Gasteiger charge is -2.20. The normalized spacial score (nSPS) is 11.2. The number of alkyl halides is 1. The summed E-state index contributed by atoms with van der Waals surface area (Å²) in [6.45, 7) is 5.50. The Labute approximate surface area is 199 Å². The number of rotatable bonds is 10. The molecule has 0 spiro atoms. The van der Waals surface area contributed by atoms with Crippen LogP contribution in [0.15, 0.2) is 33.2 Å². The minimum Gasteiger partial charge on any atom is -0.489 e. The van der Waals surface area contributed by atoms with Crippen molar-refractivity contribution in [3.63, 3.8) is 0 Å². The SMILES string of the molecule is CCCCOc1c(OCCCC)c2cc(Br)c(CCl)cc2c2cc(C=O)c(Br)cc12. The van der Waals surface area contributed by atoms with Gasteiger partial charge in [-0.15, -0.1) is 11.6 Å². The summed E-state index contributed by atoms with van der Waals surface area (Å²) in [5, 5.41) is 3.81. The predicted octanol–water partition coefficient (Wildman–Crippen LogP) is 8.43.